The molecular formula is C14H12F2O2S. The Morgan fingerprint density at radius 2 is 1.11 bits per heavy atom. The van der Waals surface area contributed by atoms with Crippen molar-refractivity contribution < 1.29 is 17.2 Å². The molecule has 0 unspecified atom stereocenters. The molecule has 0 amide bonds. The van der Waals surface area contributed by atoms with E-state index in [9.17, 15) is 17.2 Å². The van der Waals surface area contributed by atoms with E-state index in [1.807, 2.05) is 0 Å². The Kier molecular flexibility index (Phi) is 3.66. The van der Waals surface area contributed by atoms with Crippen LogP contribution in [0.25, 0.3) is 0 Å². The molecule has 0 aliphatic rings. The number of hydrogen-bond acceptors (Lipinski definition) is 2. The average Bonchev–Trinajstić information content (AvgIpc) is 2.33. The van der Waals surface area contributed by atoms with Gasteiger partial charge in [0.05, 0.1) is 0 Å². The molecule has 100 valence electrons. The summed E-state index contributed by atoms with van der Waals surface area (Å²) in [5.74, 6) is -0.870. The molecule has 0 bridgehead atoms. The van der Waals surface area contributed by atoms with Crippen molar-refractivity contribution in [2.24, 2.45) is 0 Å². The second kappa shape index (κ2) is 5.09. The molecule has 0 aliphatic carbocycles. The van der Waals surface area contributed by atoms with Crippen molar-refractivity contribution in [2.75, 3.05) is 6.26 Å². The number of hydrogen-bond donors (Lipinski definition) is 0. The van der Waals surface area contributed by atoms with Crippen LogP contribution >= 0.6 is 0 Å². The highest BCUT2D eigenvalue weighted by Crippen LogP contribution is 2.29. The van der Waals surface area contributed by atoms with Crippen LogP contribution in [0, 0.1) is 11.6 Å². The van der Waals surface area contributed by atoms with Gasteiger partial charge in [-0.15, -0.1) is 0 Å². The van der Waals surface area contributed by atoms with Gasteiger partial charge in [0.25, 0.3) is 0 Å². The number of benzene rings is 2. The predicted molar refractivity (Wildman–Crippen MR) is 69.5 cm³/mol. The molecule has 0 atom stereocenters. The van der Waals surface area contributed by atoms with Crippen LogP contribution < -0.4 is 0 Å². The first-order valence-corrected chi connectivity index (χ1v) is 7.53. The molecule has 2 aromatic rings. The second-order valence-corrected chi connectivity index (χ2v) is 6.44. The number of rotatable bonds is 3. The fourth-order valence-corrected chi connectivity index (χ4v) is 3.27. The van der Waals surface area contributed by atoms with Crippen molar-refractivity contribution in [1.82, 2.24) is 0 Å². The summed E-state index contributed by atoms with van der Waals surface area (Å²) in [5, 5.41) is -0.923. The molecule has 0 aliphatic heterocycles. The van der Waals surface area contributed by atoms with Crippen LogP contribution in [-0.4, -0.2) is 14.7 Å². The summed E-state index contributed by atoms with van der Waals surface area (Å²) in [5.41, 5.74) is 0.908. The molecular weight excluding hydrogens is 270 g/mol. The topological polar surface area (TPSA) is 34.1 Å². The molecule has 0 N–H and O–H groups in total. The summed E-state index contributed by atoms with van der Waals surface area (Å²) in [4.78, 5) is 0. The van der Waals surface area contributed by atoms with Crippen LogP contribution in [0.2, 0.25) is 0 Å². The van der Waals surface area contributed by atoms with Gasteiger partial charge >= 0.3 is 0 Å². The molecule has 0 fully saturated rings. The van der Waals surface area contributed by atoms with Crippen molar-refractivity contribution in [2.45, 2.75) is 5.25 Å². The lowest BCUT2D eigenvalue weighted by Gasteiger charge is -2.16. The van der Waals surface area contributed by atoms with E-state index in [-0.39, 0.29) is 0 Å². The van der Waals surface area contributed by atoms with Crippen LogP contribution in [-0.2, 0) is 9.84 Å². The summed E-state index contributed by atoms with van der Waals surface area (Å²) < 4.78 is 49.6. The first-order valence-electron chi connectivity index (χ1n) is 5.58. The Morgan fingerprint density at radius 1 is 0.789 bits per heavy atom. The third kappa shape index (κ3) is 3.17. The minimum Gasteiger partial charge on any atom is -0.228 e. The quantitative estimate of drug-likeness (QED) is 0.867. The Balaban J connectivity index is 2.54. The molecule has 2 nitrogen and oxygen atoms in total. The second-order valence-electron chi connectivity index (χ2n) is 4.31. The maximum absolute atomic E-state index is 12.9. The maximum Gasteiger partial charge on any atom is 0.158 e. The van der Waals surface area contributed by atoms with Gasteiger partial charge in [-0.25, -0.2) is 17.2 Å². The predicted octanol–water partition coefficient (Wildman–Crippen LogP) is 3.10. The largest absolute Gasteiger partial charge is 0.228 e. The van der Waals surface area contributed by atoms with Crippen molar-refractivity contribution in [3.8, 4) is 0 Å². The maximum atomic E-state index is 12.9. The lowest BCUT2D eigenvalue weighted by Crippen LogP contribution is -2.13. The van der Waals surface area contributed by atoms with E-state index in [0.717, 1.165) is 6.26 Å². The highest BCUT2D eigenvalue weighted by molar-refractivity contribution is 7.91. The van der Waals surface area contributed by atoms with E-state index in [1.54, 1.807) is 0 Å². The molecule has 0 radical (unpaired) electrons. The van der Waals surface area contributed by atoms with E-state index in [1.165, 1.54) is 48.5 Å². The average molecular weight is 282 g/mol. The van der Waals surface area contributed by atoms with E-state index < -0.39 is 26.7 Å². The van der Waals surface area contributed by atoms with E-state index in [2.05, 4.69) is 0 Å². The lowest BCUT2D eigenvalue weighted by atomic mass is 10.0. The lowest BCUT2D eigenvalue weighted by molar-refractivity contribution is 0.593. The SMILES string of the molecule is CS(=O)(=O)C(c1ccc(F)cc1)c1ccc(F)cc1. The Hall–Kier alpha value is -1.75. The first-order chi connectivity index (χ1) is 8.88. The van der Waals surface area contributed by atoms with Gasteiger partial charge in [0.2, 0.25) is 0 Å². The molecule has 5 heteroatoms. The van der Waals surface area contributed by atoms with Crippen LogP contribution in [0.15, 0.2) is 48.5 Å². The Morgan fingerprint density at radius 3 is 1.37 bits per heavy atom. The molecule has 19 heavy (non-hydrogen) atoms. The van der Waals surface area contributed by atoms with Gasteiger partial charge in [-0.2, -0.15) is 0 Å². The molecule has 0 saturated carbocycles. The monoisotopic (exact) mass is 282 g/mol. The minimum atomic E-state index is -3.44. The first kappa shape index (κ1) is 13.7. The summed E-state index contributed by atoms with van der Waals surface area (Å²) in [7, 11) is -3.44. The van der Waals surface area contributed by atoms with Crippen LogP contribution in [0.5, 0.6) is 0 Å². The van der Waals surface area contributed by atoms with Gasteiger partial charge < -0.3 is 0 Å². The third-order valence-corrected chi connectivity index (χ3v) is 4.17. The molecule has 0 heterocycles. The van der Waals surface area contributed by atoms with Crippen molar-refractivity contribution >= 4 is 9.84 Å². The smallest absolute Gasteiger partial charge is 0.158 e. The van der Waals surface area contributed by atoms with Crippen LogP contribution in [0.4, 0.5) is 8.78 Å². The number of halogens is 2. The van der Waals surface area contributed by atoms with Gasteiger partial charge in [0.1, 0.15) is 16.9 Å². The van der Waals surface area contributed by atoms with Crippen molar-refractivity contribution in [3.05, 3.63) is 71.3 Å². The molecule has 2 rings (SSSR count). The van der Waals surface area contributed by atoms with Crippen molar-refractivity contribution in [1.29, 1.82) is 0 Å². The molecule has 0 saturated heterocycles. The summed E-state index contributed by atoms with van der Waals surface area (Å²) in [6, 6.07) is 10.5. The molecule has 0 aromatic heterocycles. The zero-order valence-corrected chi connectivity index (χ0v) is 11.0. The normalized spacial score (nSPS) is 11.8. The number of sulfone groups is 1. The minimum absolute atomic E-state index is 0.435. The van der Waals surface area contributed by atoms with E-state index in [0.29, 0.717) is 11.1 Å². The van der Waals surface area contributed by atoms with Crippen molar-refractivity contribution in [3.63, 3.8) is 0 Å². The molecule has 2 aromatic carbocycles. The Labute approximate surface area is 110 Å². The summed E-state index contributed by atoms with van der Waals surface area (Å²) in [6.45, 7) is 0. The zero-order chi connectivity index (χ0) is 14.0. The summed E-state index contributed by atoms with van der Waals surface area (Å²) in [6.07, 6.45) is 1.10. The van der Waals surface area contributed by atoms with Gasteiger partial charge in [-0.3, -0.25) is 0 Å². The van der Waals surface area contributed by atoms with Gasteiger partial charge in [-0.1, -0.05) is 24.3 Å². The van der Waals surface area contributed by atoms with E-state index >= 15 is 0 Å². The van der Waals surface area contributed by atoms with Gasteiger partial charge in [0.15, 0.2) is 9.84 Å². The zero-order valence-electron chi connectivity index (χ0n) is 10.2. The third-order valence-electron chi connectivity index (χ3n) is 2.77. The highest BCUT2D eigenvalue weighted by atomic mass is 32.2. The Bertz CT molecular complexity index is 616. The fourth-order valence-electron chi connectivity index (χ4n) is 1.96. The summed E-state index contributed by atoms with van der Waals surface area (Å²) >= 11 is 0. The highest BCUT2D eigenvalue weighted by Gasteiger charge is 2.24. The molecule has 0 spiro atoms. The van der Waals surface area contributed by atoms with Crippen LogP contribution in [0.1, 0.15) is 16.4 Å². The van der Waals surface area contributed by atoms with Gasteiger partial charge in [0, 0.05) is 6.26 Å². The van der Waals surface area contributed by atoms with Gasteiger partial charge in [-0.05, 0) is 35.4 Å². The fraction of sp³-hybridized carbons (Fsp3) is 0.143. The van der Waals surface area contributed by atoms with E-state index in [4.69, 9.17) is 0 Å². The van der Waals surface area contributed by atoms with Crippen LogP contribution in [0.3, 0.4) is 0 Å². The standard InChI is InChI=1S/C14H12F2O2S/c1-19(17,18)14(10-2-6-12(15)7-3-10)11-4-8-13(16)9-5-11/h2-9,14H,1H3.